The van der Waals surface area contributed by atoms with E-state index in [1.807, 2.05) is 37.3 Å². The number of H-pyrrole nitrogens is 1. The first-order chi connectivity index (χ1) is 9.63. The number of imidazole rings is 1. The minimum atomic E-state index is -0.106. The number of ether oxygens (including phenoxy) is 1. The summed E-state index contributed by atoms with van der Waals surface area (Å²) in [5.74, 6) is 1.71. The van der Waals surface area contributed by atoms with Crippen molar-refractivity contribution < 1.29 is 4.74 Å². The lowest BCUT2D eigenvalue weighted by Gasteiger charge is -2.11. The molecule has 0 amide bonds. The van der Waals surface area contributed by atoms with E-state index in [1.54, 1.807) is 0 Å². The second-order valence-corrected chi connectivity index (χ2v) is 5.15. The summed E-state index contributed by atoms with van der Waals surface area (Å²) >= 11 is 0. The number of aromatic nitrogens is 2. The highest BCUT2D eigenvalue weighted by atomic mass is 16.5. The molecule has 102 valence electrons. The Labute approximate surface area is 118 Å². The molecule has 2 aromatic carbocycles. The number of nitrogens with one attached hydrogen (secondary N) is 1. The average molecular weight is 266 g/mol. The quantitative estimate of drug-likeness (QED) is 0.766. The Morgan fingerprint density at radius 1 is 1.05 bits per heavy atom. The SMILES string of the molecule is Cc1cc2nc(C(C)Oc3ccccc3)[nH]c2cc1C. The summed E-state index contributed by atoms with van der Waals surface area (Å²) in [6.45, 7) is 6.22. The summed E-state index contributed by atoms with van der Waals surface area (Å²) in [7, 11) is 0. The number of nitrogens with zero attached hydrogens (tertiary/aromatic N) is 1. The second-order valence-electron chi connectivity index (χ2n) is 5.15. The predicted molar refractivity (Wildman–Crippen MR) is 81.1 cm³/mol. The van der Waals surface area contributed by atoms with E-state index in [9.17, 15) is 0 Å². The van der Waals surface area contributed by atoms with Crippen molar-refractivity contribution in [3.05, 3.63) is 59.4 Å². The molecule has 1 unspecified atom stereocenters. The molecule has 1 atom stereocenters. The van der Waals surface area contributed by atoms with Gasteiger partial charge in [-0.3, -0.25) is 0 Å². The van der Waals surface area contributed by atoms with E-state index < -0.39 is 0 Å². The first-order valence-electron chi connectivity index (χ1n) is 6.82. The number of fused-ring (bicyclic) bond motifs is 1. The summed E-state index contributed by atoms with van der Waals surface area (Å²) in [6.07, 6.45) is -0.106. The van der Waals surface area contributed by atoms with Crippen molar-refractivity contribution in [1.82, 2.24) is 9.97 Å². The van der Waals surface area contributed by atoms with Gasteiger partial charge in [0.25, 0.3) is 0 Å². The highest BCUT2D eigenvalue weighted by Gasteiger charge is 2.13. The lowest BCUT2D eigenvalue weighted by Crippen LogP contribution is -2.04. The number of aryl methyl sites for hydroxylation is 2. The number of aromatic amines is 1. The van der Waals surface area contributed by atoms with E-state index in [-0.39, 0.29) is 6.10 Å². The lowest BCUT2D eigenvalue weighted by molar-refractivity contribution is 0.218. The van der Waals surface area contributed by atoms with Gasteiger partial charge in [0.15, 0.2) is 6.10 Å². The summed E-state index contributed by atoms with van der Waals surface area (Å²) in [5.41, 5.74) is 4.58. The number of hydrogen-bond acceptors (Lipinski definition) is 2. The molecular weight excluding hydrogens is 248 g/mol. The molecule has 0 saturated carbocycles. The third-order valence-corrected chi connectivity index (χ3v) is 3.56. The van der Waals surface area contributed by atoms with Gasteiger partial charge in [-0.25, -0.2) is 4.98 Å². The normalized spacial score (nSPS) is 12.6. The molecule has 0 aliphatic heterocycles. The first kappa shape index (κ1) is 12.7. The van der Waals surface area contributed by atoms with Gasteiger partial charge < -0.3 is 9.72 Å². The highest BCUT2D eigenvalue weighted by molar-refractivity contribution is 5.77. The Bertz CT molecular complexity index is 692. The van der Waals surface area contributed by atoms with E-state index in [4.69, 9.17) is 4.74 Å². The van der Waals surface area contributed by atoms with Gasteiger partial charge in [0.1, 0.15) is 11.6 Å². The van der Waals surface area contributed by atoms with Crippen LogP contribution in [0.25, 0.3) is 11.0 Å². The fourth-order valence-corrected chi connectivity index (χ4v) is 2.24. The van der Waals surface area contributed by atoms with Crippen LogP contribution in [0.2, 0.25) is 0 Å². The van der Waals surface area contributed by atoms with Gasteiger partial charge >= 0.3 is 0 Å². The van der Waals surface area contributed by atoms with Gasteiger partial charge in [0.05, 0.1) is 11.0 Å². The zero-order chi connectivity index (χ0) is 14.1. The fraction of sp³-hybridized carbons (Fsp3) is 0.235. The van der Waals surface area contributed by atoms with E-state index in [1.165, 1.54) is 11.1 Å². The highest BCUT2D eigenvalue weighted by Crippen LogP contribution is 2.23. The van der Waals surface area contributed by atoms with Crippen molar-refractivity contribution in [2.45, 2.75) is 26.9 Å². The van der Waals surface area contributed by atoms with Gasteiger partial charge in [0, 0.05) is 0 Å². The van der Waals surface area contributed by atoms with Crippen LogP contribution >= 0.6 is 0 Å². The summed E-state index contributed by atoms with van der Waals surface area (Å²) in [6, 6.07) is 14.1. The Morgan fingerprint density at radius 2 is 1.75 bits per heavy atom. The number of hydrogen-bond donors (Lipinski definition) is 1. The van der Waals surface area contributed by atoms with Gasteiger partial charge in [-0.2, -0.15) is 0 Å². The van der Waals surface area contributed by atoms with Crippen molar-refractivity contribution in [2.24, 2.45) is 0 Å². The van der Waals surface area contributed by atoms with Gasteiger partial charge in [0.2, 0.25) is 0 Å². The summed E-state index contributed by atoms with van der Waals surface area (Å²) in [4.78, 5) is 7.98. The molecule has 3 heteroatoms. The second kappa shape index (κ2) is 5.00. The molecule has 0 fully saturated rings. The van der Waals surface area contributed by atoms with Crippen LogP contribution in [-0.2, 0) is 0 Å². The number of para-hydroxylation sites is 1. The molecule has 1 heterocycles. The predicted octanol–water partition coefficient (Wildman–Crippen LogP) is 4.32. The molecule has 20 heavy (non-hydrogen) atoms. The molecule has 0 aliphatic rings. The van der Waals surface area contributed by atoms with Crippen molar-refractivity contribution >= 4 is 11.0 Å². The molecule has 1 N–H and O–H groups in total. The topological polar surface area (TPSA) is 37.9 Å². The minimum absolute atomic E-state index is 0.106. The van der Waals surface area contributed by atoms with Crippen LogP contribution in [0.1, 0.15) is 30.0 Å². The van der Waals surface area contributed by atoms with Gasteiger partial charge in [-0.15, -0.1) is 0 Å². The van der Waals surface area contributed by atoms with E-state index in [0.29, 0.717) is 0 Å². The largest absolute Gasteiger partial charge is 0.483 e. The molecule has 0 aliphatic carbocycles. The lowest BCUT2D eigenvalue weighted by atomic mass is 10.1. The third kappa shape index (κ3) is 2.39. The van der Waals surface area contributed by atoms with Crippen LogP contribution in [0, 0.1) is 13.8 Å². The Balaban J connectivity index is 1.90. The van der Waals surface area contributed by atoms with E-state index >= 15 is 0 Å². The molecule has 3 nitrogen and oxygen atoms in total. The number of rotatable bonds is 3. The third-order valence-electron chi connectivity index (χ3n) is 3.56. The molecule has 0 bridgehead atoms. The number of benzene rings is 2. The molecule has 3 rings (SSSR count). The maximum Gasteiger partial charge on any atom is 0.153 e. The zero-order valence-electron chi connectivity index (χ0n) is 12.0. The van der Waals surface area contributed by atoms with Crippen molar-refractivity contribution in [3.63, 3.8) is 0 Å². The van der Waals surface area contributed by atoms with Crippen LogP contribution in [0.4, 0.5) is 0 Å². The molecule has 0 saturated heterocycles. The van der Waals surface area contributed by atoms with Crippen LogP contribution < -0.4 is 4.74 Å². The fourth-order valence-electron chi connectivity index (χ4n) is 2.24. The first-order valence-corrected chi connectivity index (χ1v) is 6.82. The standard InChI is InChI=1S/C17H18N2O/c1-11-9-15-16(10-12(11)2)19-17(18-15)13(3)20-14-7-5-4-6-8-14/h4-10,13H,1-3H3,(H,18,19). The zero-order valence-corrected chi connectivity index (χ0v) is 12.0. The maximum atomic E-state index is 5.90. The minimum Gasteiger partial charge on any atom is -0.483 e. The van der Waals surface area contributed by atoms with Crippen LogP contribution in [-0.4, -0.2) is 9.97 Å². The molecule has 0 radical (unpaired) electrons. The molecule has 0 spiro atoms. The summed E-state index contributed by atoms with van der Waals surface area (Å²) < 4.78 is 5.90. The summed E-state index contributed by atoms with van der Waals surface area (Å²) in [5, 5.41) is 0. The van der Waals surface area contributed by atoms with Crippen molar-refractivity contribution in [2.75, 3.05) is 0 Å². The average Bonchev–Trinajstić information content (AvgIpc) is 2.83. The van der Waals surface area contributed by atoms with Crippen molar-refractivity contribution in [1.29, 1.82) is 0 Å². The van der Waals surface area contributed by atoms with Crippen LogP contribution in [0.15, 0.2) is 42.5 Å². The van der Waals surface area contributed by atoms with Gasteiger partial charge in [-0.05, 0) is 56.2 Å². The Hall–Kier alpha value is -2.29. The maximum absolute atomic E-state index is 5.90. The van der Waals surface area contributed by atoms with Gasteiger partial charge in [-0.1, -0.05) is 18.2 Å². The van der Waals surface area contributed by atoms with Crippen LogP contribution in [0.5, 0.6) is 5.75 Å². The monoisotopic (exact) mass is 266 g/mol. The smallest absolute Gasteiger partial charge is 0.153 e. The van der Waals surface area contributed by atoms with Crippen molar-refractivity contribution in [3.8, 4) is 5.75 Å². The Morgan fingerprint density at radius 3 is 2.50 bits per heavy atom. The van der Waals surface area contributed by atoms with E-state index in [2.05, 4.69) is 35.9 Å². The Kier molecular flexibility index (Phi) is 3.18. The van der Waals surface area contributed by atoms with E-state index in [0.717, 1.165) is 22.6 Å². The molecule has 1 aromatic heterocycles. The molecular formula is C17H18N2O. The van der Waals surface area contributed by atoms with Crippen LogP contribution in [0.3, 0.4) is 0 Å². The molecule has 3 aromatic rings.